The van der Waals surface area contributed by atoms with Crippen molar-refractivity contribution in [1.82, 2.24) is 5.32 Å². The van der Waals surface area contributed by atoms with Crippen molar-refractivity contribution in [2.24, 2.45) is 5.41 Å². The van der Waals surface area contributed by atoms with Crippen LogP contribution in [0.5, 0.6) is 0 Å². The van der Waals surface area contributed by atoms with Crippen molar-refractivity contribution in [3.8, 4) is 0 Å². The lowest BCUT2D eigenvalue weighted by atomic mass is 9.64. The zero-order chi connectivity index (χ0) is 16.8. The van der Waals surface area contributed by atoms with E-state index in [1.807, 2.05) is 48.5 Å². The fourth-order valence-corrected chi connectivity index (χ4v) is 3.43. The molecule has 3 heteroatoms. The minimum absolute atomic E-state index is 0.137. The Morgan fingerprint density at radius 1 is 1.04 bits per heavy atom. The maximum absolute atomic E-state index is 12.7. The van der Waals surface area contributed by atoms with Gasteiger partial charge in [-0.05, 0) is 36.8 Å². The van der Waals surface area contributed by atoms with Crippen molar-refractivity contribution in [3.63, 3.8) is 0 Å². The highest BCUT2D eigenvalue weighted by Gasteiger charge is 2.43. The van der Waals surface area contributed by atoms with Crippen LogP contribution in [-0.4, -0.2) is 17.6 Å². The standard InChI is InChI=1S/C21H25NO2/c23-19(18-10-5-2-6-11-18)12-15-22-20(24)21(13-7-14-21)16-17-8-3-1-4-9-17/h1-6,8-11,19,23H,7,12-16H2,(H,22,24). The number of rotatable bonds is 7. The quantitative estimate of drug-likeness (QED) is 0.817. The Morgan fingerprint density at radius 3 is 2.25 bits per heavy atom. The van der Waals surface area contributed by atoms with E-state index in [1.165, 1.54) is 5.56 Å². The van der Waals surface area contributed by atoms with Gasteiger partial charge in [0.25, 0.3) is 0 Å². The van der Waals surface area contributed by atoms with Crippen LogP contribution >= 0.6 is 0 Å². The largest absolute Gasteiger partial charge is 0.388 e. The molecule has 2 aromatic rings. The van der Waals surface area contributed by atoms with E-state index in [2.05, 4.69) is 17.4 Å². The molecule has 24 heavy (non-hydrogen) atoms. The molecule has 0 aromatic heterocycles. The van der Waals surface area contributed by atoms with Gasteiger partial charge in [-0.2, -0.15) is 0 Å². The third-order valence-corrected chi connectivity index (χ3v) is 5.07. The van der Waals surface area contributed by atoms with Crippen LogP contribution in [0.4, 0.5) is 0 Å². The van der Waals surface area contributed by atoms with E-state index in [0.29, 0.717) is 13.0 Å². The highest BCUT2D eigenvalue weighted by atomic mass is 16.3. The fraction of sp³-hybridized carbons (Fsp3) is 0.381. The smallest absolute Gasteiger partial charge is 0.226 e. The first-order chi connectivity index (χ1) is 11.7. The van der Waals surface area contributed by atoms with Crippen LogP contribution in [0.2, 0.25) is 0 Å². The van der Waals surface area contributed by atoms with E-state index in [-0.39, 0.29) is 11.3 Å². The Hall–Kier alpha value is -2.13. The summed E-state index contributed by atoms with van der Waals surface area (Å²) in [6.07, 6.45) is 3.84. The number of hydrogen-bond donors (Lipinski definition) is 2. The predicted octanol–water partition coefficient (Wildman–Crippen LogP) is 3.64. The van der Waals surface area contributed by atoms with Crippen LogP contribution in [0.15, 0.2) is 60.7 Å². The zero-order valence-corrected chi connectivity index (χ0v) is 13.9. The van der Waals surface area contributed by atoms with Crippen LogP contribution in [0.25, 0.3) is 0 Å². The van der Waals surface area contributed by atoms with E-state index in [4.69, 9.17) is 0 Å². The molecule has 0 saturated heterocycles. The maximum Gasteiger partial charge on any atom is 0.226 e. The minimum atomic E-state index is -0.530. The first kappa shape index (κ1) is 16.7. The molecule has 1 atom stereocenters. The van der Waals surface area contributed by atoms with Crippen LogP contribution in [-0.2, 0) is 11.2 Å². The summed E-state index contributed by atoms with van der Waals surface area (Å²) in [5.41, 5.74) is 1.87. The van der Waals surface area contributed by atoms with Crippen molar-refractivity contribution < 1.29 is 9.90 Å². The Morgan fingerprint density at radius 2 is 1.67 bits per heavy atom. The molecule has 1 fully saturated rings. The monoisotopic (exact) mass is 323 g/mol. The van der Waals surface area contributed by atoms with Gasteiger partial charge in [0.1, 0.15) is 0 Å². The first-order valence-electron chi connectivity index (χ1n) is 8.75. The van der Waals surface area contributed by atoms with E-state index in [9.17, 15) is 9.90 Å². The van der Waals surface area contributed by atoms with Crippen molar-refractivity contribution in [1.29, 1.82) is 0 Å². The van der Waals surface area contributed by atoms with E-state index >= 15 is 0 Å². The number of amides is 1. The van der Waals surface area contributed by atoms with Gasteiger partial charge in [-0.15, -0.1) is 0 Å². The van der Waals surface area contributed by atoms with Crippen molar-refractivity contribution >= 4 is 5.91 Å². The summed E-state index contributed by atoms with van der Waals surface area (Å²) in [7, 11) is 0. The lowest BCUT2D eigenvalue weighted by Crippen LogP contribution is -2.47. The van der Waals surface area contributed by atoms with Gasteiger partial charge < -0.3 is 10.4 Å². The average molecular weight is 323 g/mol. The van der Waals surface area contributed by atoms with Gasteiger partial charge in [0.15, 0.2) is 0 Å². The lowest BCUT2D eigenvalue weighted by molar-refractivity contribution is -0.136. The van der Waals surface area contributed by atoms with Gasteiger partial charge in [-0.1, -0.05) is 67.1 Å². The van der Waals surface area contributed by atoms with Gasteiger partial charge in [0, 0.05) is 6.54 Å². The van der Waals surface area contributed by atoms with Gasteiger partial charge in [-0.3, -0.25) is 4.79 Å². The van der Waals surface area contributed by atoms with Crippen molar-refractivity contribution in [2.75, 3.05) is 6.54 Å². The number of carbonyl (C=O) groups is 1. The number of aliphatic hydroxyl groups excluding tert-OH is 1. The third kappa shape index (κ3) is 3.85. The van der Waals surface area contributed by atoms with Gasteiger partial charge >= 0.3 is 0 Å². The Bertz CT molecular complexity index is 650. The maximum atomic E-state index is 12.7. The molecule has 3 nitrogen and oxygen atoms in total. The highest BCUT2D eigenvalue weighted by Crippen LogP contribution is 2.44. The van der Waals surface area contributed by atoms with Crippen molar-refractivity contribution in [2.45, 2.75) is 38.2 Å². The lowest BCUT2D eigenvalue weighted by Gasteiger charge is -2.40. The molecule has 1 amide bonds. The Kier molecular flexibility index (Phi) is 5.31. The van der Waals surface area contributed by atoms with E-state index in [0.717, 1.165) is 31.2 Å². The summed E-state index contributed by atoms with van der Waals surface area (Å²) in [4.78, 5) is 12.7. The average Bonchev–Trinajstić information content (AvgIpc) is 2.59. The topological polar surface area (TPSA) is 49.3 Å². The molecular weight excluding hydrogens is 298 g/mol. The molecule has 0 spiro atoms. The molecule has 0 radical (unpaired) electrons. The normalized spacial score (nSPS) is 16.9. The molecule has 126 valence electrons. The number of carbonyl (C=O) groups excluding carboxylic acids is 1. The molecule has 1 saturated carbocycles. The molecule has 0 heterocycles. The molecule has 3 rings (SSSR count). The molecule has 0 bridgehead atoms. The second-order valence-electron chi connectivity index (χ2n) is 6.77. The van der Waals surface area contributed by atoms with Crippen LogP contribution in [0.3, 0.4) is 0 Å². The summed E-state index contributed by atoms with van der Waals surface area (Å²) in [5.74, 6) is 0.137. The van der Waals surface area contributed by atoms with Crippen molar-refractivity contribution in [3.05, 3.63) is 71.8 Å². The SMILES string of the molecule is O=C(NCCC(O)c1ccccc1)C1(Cc2ccccc2)CCC1. The summed E-state index contributed by atoms with van der Waals surface area (Å²) >= 11 is 0. The van der Waals surface area contributed by atoms with Crippen LogP contribution in [0.1, 0.15) is 42.9 Å². The van der Waals surface area contributed by atoms with E-state index < -0.39 is 6.10 Å². The molecule has 2 aromatic carbocycles. The number of aliphatic hydroxyl groups is 1. The number of hydrogen-bond acceptors (Lipinski definition) is 2. The summed E-state index contributed by atoms with van der Waals surface area (Å²) in [6, 6.07) is 19.8. The molecule has 2 N–H and O–H groups in total. The highest BCUT2D eigenvalue weighted by molar-refractivity contribution is 5.83. The van der Waals surface area contributed by atoms with Crippen LogP contribution in [0, 0.1) is 5.41 Å². The number of nitrogens with one attached hydrogen (secondary N) is 1. The van der Waals surface area contributed by atoms with Crippen LogP contribution < -0.4 is 5.32 Å². The number of benzene rings is 2. The van der Waals surface area contributed by atoms with Gasteiger partial charge in [0.2, 0.25) is 5.91 Å². The third-order valence-electron chi connectivity index (χ3n) is 5.07. The van der Waals surface area contributed by atoms with Gasteiger partial charge in [-0.25, -0.2) is 0 Å². The van der Waals surface area contributed by atoms with E-state index in [1.54, 1.807) is 0 Å². The molecule has 1 aliphatic rings. The van der Waals surface area contributed by atoms with Gasteiger partial charge in [0.05, 0.1) is 11.5 Å². The second-order valence-corrected chi connectivity index (χ2v) is 6.77. The molecule has 1 aliphatic carbocycles. The first-order valence-corrected chi connectivity index (χ1v) is 8.75. The molecule has 0 aliphatic heterocycles. The Labute approximate surface area is 143 Å². The Balaban J connectivity index is 1.52. The zero-order valence-electron chi connectivity index (χ0n) is 13.9. The summed E-state index contributed by atoms with van der Waals surface area (Å²) < 4.78 is 0. The predicted molar refractivity (Wildman–Crippen MR) is 95.5 cm³/mol. The second kappa shape index (κ2) is 7.63. The fourth-order valence-electron chi connectivity index (χ4n) is 3.43. The summed E-state index contributed by atoms with van der Waals surface area (Å²) in [5, 5.41) is 13.2. The molecule has 1 unspecified atom stereocenters. The minimum Gasteiger partial charge on any atom is -0.388 e. The summed E-state index contributed by atoms with van der Waals surface area (Å²) in [6.45, 7) is 0.505. The molecular formula is C21H25NO2.